The molecule has 0 spiro atoms. The van der Waals surface area contributed by atoms with Gasteiger partial charge in [-0.1, -0.05) is 13.8 Å². The van der Waals surface area contributed by atoms with Gasteiger partial charge in [-0.25, -0.2) is 8.42 Å². The maximum Gasteiger partial charge on any atom is 0.324 e. The first-order chi connectivity index (χ1) is 11.5. The number of hydrogen-bond acceptors (Lipinski definition) is 5. The molecule has 0 aliphatic rings. The van der Waals surface area contributed by atoms with Gasteiger partial charge in [0.1, 0.15) is 24.0 Å². The molecule has 8 heteroatoms. The number of carbonyl (C=O) groups is 1. The SMILES string of the molecule is CC(C)[C@@H](NS(=O)(=O)c1ccc(OCCCl)cc1)C(=O)OC(C)(C)C. The summed E-state index contributed by atoms with van der Waals surface area (Å²) in [6, 6.07) is 4.94. The highest BCUT2D eigenvalue weighted by molar-refractivity contribution is 7.89. The van der Waals surface area contributed by atoms with Gasteiger partial charge in [0.05, 0.1) is 10.8 Å². The first-order valence-corrected chi connectivity index (χ1v) is 10.0. The fourth-order valence-electron chi connectivity index (χ4n) is 1.93. The van der Waals surface area contributed by atoms with Crippen LogP contribution in [0, 0.1) is 5.92 Å². The van der Waals surface area contributed by atoms with E-state index in [9.17, 15) is 13.2 Å². The molecule has 0 saturated heterocycles. The maximum atomic E-state index is 12.6. The van der Waals surface area contributed by atoms with E-state index in [1.807, 2.05) is 0 Å². The van der Waals surface area contributed by atoms with Crippen molar-refractivity contribution in [1.82, 2.24) is 4.72 Å². The summed E-state index contributed by atoms with van der Waals surface area (Å²) in [5.41, 5.74) is -0.697. The number of sulfonamides is 1. The molecule has 1 N–H and O–H groups in total. The Labute approximate surface area is 154 Å². The highest BCUT2D eigenvalue weighted by atomic mass is 35.5. The third-order valence-corrected chi connectivity index (χ3v) is 4.70. The number of nitrogens with one attached hydrogen (secondary N) is 1. The number of rotatable bonds is 8. The fraction of sp³-hybridized carbons (Fsp3) is 0.588. The Balaban J connectivity index is 2.94. The zero-order valence-corrected chi connectivity index (χ0v) is 16.8. The Morgan fingerprint density at radius 3 is 2.20 bits per heavy atom. The predicted octanol–water partition coefficient (Wildman–Crippen LogP) is 2.95. The van der Waals surface area contributed by atoms with Crippen LogP contribution >= 0.6 is 11.6 Å². The van der Waals surface area contributed by atoms with Crippen molar-refractivity contribution in [2.75, 3.05) is 12.5 Å². The minimum atomic E-state index is -3.87. The summed E-state index contributed by atoms with van der Waals surface area (Å²) in [6.45, 7) is 9.03. The quantitative estimate of drug-likeness (QED) is 0.544. The predicted molar refractivity (Wildman–Crippen MR) is 97.4 cm³/mol. The summed E-state index contributed by atoms with van der Waals surface area (Å²) in [6.07, 6.45) is 0. The van der Waals surface area contributed by atoms with Crippen LogP contribution in [-0.2, 0) is 19.6 Å². The van der Waals surface area contributed by atoms with Crippen LogP contribution < -0.4 is 9.46 Å². The molecular weight excluding hydrogens is 366 g/mol. The van der Waals surface area contributed by atoms with Gasteiger partial charge >= 0.3 is 5.97 Å². The van der Waals surface area contributed by atoms with E-state index < -0.39 is 27.6 Å². The van der Waals surface area contributed by atoms with E-state index in [1.54, 1.807) is 46.8 Å². The minimum absolute atomic E-state index is 0.0416. The number of hydrogen-bond donors (Lipinski definition) is 1. The van der Waals surface area contributed by atoms with Crippen LogP contribution in [0.4, 0.5) is 0 Å². The molecule has 0 amide bonds. The number of carbonyl (C=O) groups excluding carboxylic acids is 1. The van der Waals surface area contributed by atoms with Crippen molar-refractivity contribution in [3.05, 3.63) is 24.3 Å². The highest BCUT2D eigenvalue weighted by Crippen LogP contribution is 2.18. The third-order valence-electron chi connectivity index (χ3n) is 3.09. The molecule has 0 saturated carbocycles. The number of ether oxygens (including phenoxy) is 2. The molecule has 0 radical (unpaired) electrons. The Hall–Kier alpha value is -1.31. The van der Waals surface area contributed by atoms with Crippen molar-refractivity contribution in [2.24, 2.45) is 5.92 Å². The van der Waals surface area contributed by atoms with Gasteiger partial charge in [0, 0.05) is 0 Å². The van der Waals surface area contributed by atoms with Gasteiger partial charge < -0.3 is 9.47 Å². The molecule has 0 aliphatic carbocycles. The maximum absolute atomic E-state index is 12.6. The van der Waals surface area contributed by atoms with Crippen molar-refractivity contribution in [1.29, 1.82) is 0 Å². The highest BCUT2D eigenvalue weighted by Gasteiger charge is 2.32. The summed E-state index contributed by atoms with van der Waals surface area (Å²) in [4.78, 5) is 12.3. The molecule has 25 heavy (non-hydrogen) atoms. The molecule has 0 aromatic heterocycles. The van der Waals surface area contributed by atoms with Crippen molar-refractivity contribution < 1.29 is 22.7 Å². The van der Waals surface area contributed by atoms with Gasteiger partial charge in [-0.2, -0.15) is 4.72 Å². The van der Waals surface area contributed by atoms with Gasteiger partial charge in [-0.05, 0) is 51.0 Å². The number of benzene rings is 1. The van der Waals surface area contributed by atoms with Gasteiger partial charge in [-0.15, -0.1) is 11.6 Å². The van der Waals surface area contributed by atoms with Crippen LogP contribution in [-0.4, -0.2) is 38.5 Å². The summed E-state index contributed by atoms with van der Waals surface area (Å²) in [5, 5.41) is 0. The lowest BCUT2D eigenvalue weighted by molar-refractivity contribution is -0.158. The molecule has 0 unspecified atom stereocenters. The molecule has 0 heterocycles. The second-order valence-corrected chi connectivity index (χ2v) is 8.98. The van der Waals surface area contributed by atoms with Crippen LogP contribution in [0.25, 0.3) is 0 Å². The molecule has 1 aromatic carbocycles. The van der Waals surface area contributed by atoms with Gasteiger partial charge in [0.25, 0.3) is 0 Å². The zero-order chi connectivity index (χ0) is 19.3. The average molecular weight is 392 g/mol. The van der Waals surface area contributed by atoms with Crippen molar-refractivity contribution >= 4 is 27.6 Å². The van der Waals surface area contributed by atoms with Crippen LogP contribution in [0.3, 0.4) is 0 Å². The average Bonchev–Trinajstić information content (AvgIpc) is 2.49. The van der Waals surface area contributed by atoms with Gasteiger partial charge in [-0.3, -0.25) is 4.79 Å². The van der Waals surface area contributed by atoms with E-state index >= 15 is 0 Å². The number of esters is 1. The standard InChI is InChI=1S/C17H26ClNO5S/c1-12(2)15(16(20)24-17(3,4)5)19-25(21,22)14-8-6-13(7-9-14)23-11-10-18/h6-9,12,15,19H,10-11H2,1-5H3/t15-/m1/s1. The number of halogens is 1. The van der Waals surface area contributed by atoms with Gasteiger partial charge in [0.2, 0.25) is 10.0 Å². The smallest absolute Gasteiger partial charge is 0.324 e. The molecule has 142 valence electrons. The Morgan fingerprint density at radius 1 is 1.20 bits per heavy atom. The normalized spacial score (nSPS) is 13.6. The van der Waals surface area contributed by atoms with Crippen molar-refractivity contribution in [3.8, 4) is 5.75 Å². The first-order valence-electron chi connectivity index (χ1n) is 8.00. The Bertz CT molecular complexity index is 665. The molecular formula is C17H26ClNO5S. The zero-order valence-electron chi connectivity index (χ0n) is 15.2. The van der Waals surface area contributed by atoms with E-state index in [-0.39, 0.29) is 10.8 Å². The van der Waals surface area contributed by atoms with E-state index in [0.29, 0.717) is 18.2 Å². The lowest BCUT2D eigenvalue weighted by Crippen LogP contribution is -2.47. The molecule has 0 aliphatic heterocycles. The lowest BCUT2D eigenvalue weighted by atomic mass is 10.1. The molecule has 6 nitrogen and oxygen atoms in total. The second kappa shape index (κ2) is 8.87. The molecule has 0 fully saturated rings. The number of alkyl halides is 1. The minimum Gasteiger partial charge on any atom is -0.492 e. The first kappa shape index (κ1) is 21.7. The van der Waals surface area contributed by atoms with E-state index in [2.05, 4.69) is 4.72 Å². The van der Waals surface area contributed by atoms with Crippen molar-refractivity contribution in [2.45, 2.75) is 51.2 Å². The van der Waals surface area contributed by atoms with Crippen LogP contribution in [0.2, 0.25) is 0 Å². The van der Waals surface area contributed by atoms with E-state index in [0.717, 1.165) is 0 Å². The largest absolute Gasteiger partial charge is 0.492 e. The lowest BCUT2D eigenvalue weighted by Gasteiger charge is -2.26. The molecule has 0 bridgehead atoms. The van der Waals surface area contributed by atoms with E-state index in [1.165, 1.54) is 12.1 Å². The van der Waals surface area contributed by atoms with Crippen LogP contribution in [0.5, 0.6) is 5.75 Å². The van der Waals surface area contributed by atoms with Crippen LogP contribution in [0.15, 0.2) is 29.2 Å². The molecule has 1 aromatic rings. The van der Waals surface area contributed by atoms with Gasteiger partial charge in [0.15, 0.2) is 0 Å². The van der Waals surface area contributed by atoms with E-state index in [4.69, 9.17) is 21.1 Å². The third kappa shape index (κ3) is 7.22. The Morgan fingerprint density at radius 2 is 1.76 bits per heavy atom. The van der Waals surface area contributed by atoms with Crippen molar-refractivity contribution in [3.63, 3.8) is 0 Å². The summed E-state index contributed by atoms with van der Waals surface area (Å²) >= 11 is 5.54. The van der Waals surface area contributed by atoms with Crippen LogP contribution in [0.1, 0.15) is 34.6 Å². The molecule has 1 atom stereocenters. The summed E-state index contributed by atoms with van der Waals surface area (Å²) in [5.74, 6) is -0.00986. The Kier molecular flexibility index (Phi) is 7.71. The molecule has 1 rings (SSSR count). The fourth-order valence-corrected chi connectivity index (χ4v) is 3.34. The summed E-state index contributed by atoms with van der Waals surface area (Å²) in [7, 11) is -3.87. The monoisotopic (exact) mass is 391 g/mol. The summed E-state index contributed by atoms with van der Waals surface area (Å²) < 4.78 is 38.2. The second-order valence-electron chi connectivity index (χ2n) is 6.89. The topological polar surface area (TPSA) is 81.7 Å².